The van der Waals surface area contributed by atoms with Gasteiger partial charge >= 0.3 is 0 Å². The van der Waals surface area contributed by atoms with Crippen molar-refractivity contribution in [3.8, 4) is 0 Å². The number of nitrogens with zero attached hydrogens (tertiary/aromatic N) is 2. The molecule has 0 radical (unpaired) electrons. The minimum absolute atomic E-state index is 0. The Labute approximate surface area is 155 Å². The third-order valence-electron chi connectivity index (χ3n) is 4.28. The molecule has 1 atom stereocenters. The first-order valence-corrected chi connectivity index (χ1v) is 9.84. The molecule has 0 spiro atoms. The Kier molecular flexibility index (Phi) is 8.84. The van der Waals surface area contributed by atoms with Crippen LogP contribution in [-0.4, -0.2) is 50.1 Å². The van der Waals surface area contributed by atoms with Gasteiger partial charge in [-0.3, -0.25) is 4.79 Å². The van der Waals surface area contributed by atoms with E-state index in [1.165, 1.54) is 19.0 Å². The number of hydrogen-bond donors (Lipinski definition) is 3. The number of halogens is 1. The van der Waals surface area contributed by atoms with Gasteiger partial charge in [-0.1, -0.05) is 0 Å². The minimum atomic E-state index is -3.67. The van der Waals surface area contributed by atoms with E-state index in [1.54, 1.807) is 18.5 Å². The van der Waals surface area contributed by atoms with Crippen molar-refractivity contribution in [1.29, 1.82) is 0 Å². The quantitative estimate of drug-likeness (QED) is 0.590. The summed E-state index contributed by atoms with van der Waals surface area (Å²) in [4.78, 5) is 15.8. The molecule has 3 N–H and O–H groups in total. The molecule has 0 aromatic carbocycles. The number of carbonyl (C=O) groups is 1. The fourth-order valence-electron chi connectivity index (χ4n) is 2.70. The zero-order valence-corrected chi connectivity index (χ0v) is 16.4. The van der Waals surface area contributed by atoms with E-state index in [0.717, 1.165) is 19.5 Å². The molecule has 1 aromatic rings. The standard InChI is InChI=1S/C15H27N5O3S.ClH/c1-12-19-15(11-20(12)2)24(22,23)18-9-6-14(21)17-8-5-13-4-3-7-16-10-13;/h11,13,16,18H,3-10H2,1-2H3,(H,17,21);1H. The summed E-state index contributed by atoms with van der Waals surface area (Å²) in [5, 5.41) is 6.18. The maximum Gasteiger partial charge on any atom is 0.259 e. The molecule has 25 heavy (non-hydrogen) atoms. The van der Waals surface area contributed by atoms with Crippen molar-refractivity contribution < 1.29 is 13.2 Å². The average Bonchev–Trinajstić information content (AvgIpc) is 2.88. The van der Waals surface area contributed by atoms with Crippen LogP contribution in [-0.2, 0) is 21.9 Å². The van der Waals surface area contributed by atoms with Crippen molar-refractivity contribution in [2.45, 2.75) is 37.6 Å². The topological polar surface area (TPSA) is 105 Å². The molecule has 1 aromatic heterocycles. The summed E-state index contributed by atoms with van der Waals surface area (Å²) in [5.41, 5.74) is 0. The lowest BCUT2D eigenvalue weighted by Crippen LogP contribution is -2.34. The van der Waals surface area contributed by atoms with Gasteiger partial charge in [0.15, 0.2) is 5.03 Å². The second kappa shape index (κ2) is 10.1. The SMILES string of the molecule is Cc1nc(S(=O)(=O)NCCC(=O)NCCC2CCCNC2)cn1C.Cl. The highest BCUT2D eigenvalue weighted by Gasteiger charge is 2.18. The molecule has 2 heterocycles. The lowest BCUT2D eigenvalue weighted by molar-refractivity contribution is -0.120. The van der Waals surface area contributed by atoms with Gasteiger partial charge in [-0.25, -0.2) is 18.1 Å². The van der Waals surface area contributed by atoms with Crippen molar-refractivity contribution in [2.75, 3.05) is 26.2 Å². The highest BCUT2D eigenvalue weighted by atomic mass is 35.5. The number of amides is 1. The molecular weight excluding hydrogens is 366 g/mol. The van der Waals surface area contributed by atoms with Crippen LogP contribution in [0.2, 0.25) is 0 Å². The van der Waals surface area contributed by atoms with Crippen molar-refractivity contribution in [3.05, 3.63) is 12.0 Å². The van der Waals surface area contributed by atoms with Crippen LogP contribution in [0.1, 0.15) is 31.5 Å². The molecule has 0 aliphatic carbocycles. The number of nitrogens with one attached hydrogen (secondary N) is 3. The van der Waals surface area contributed by atoms with Crippen molar-refractivity contribution in [2.24, 2.45) is 13.0 Å². The number of aryl methyl sites for hydroxylation is 2. The maximum absolute atomic E-state index is 12.1. The van der Waals surface area contributed by atoms with E-state index in [1.807, 2.05) is 0 Å². The van der Waals surface area contributed by atoms with E-state index in [9.17, 15) is 13.2 Å². The number of carbonyl (C=O) groups excluding carboxylic acids is 1. The first kappa shape index (κ1) is 21.9. The zero-order chi connectivity index (χ0) is 17.6. The van der Waals surface area contributed by atoms with E-state index >= 15 is 0 Å². The first-order valence-electron chi connectivity index (χ1n) is 8.35. The van der Waals surface area contributed by atoms with Crippen molar-refractivity contribution >= 4 is 28.3 Å². The second-order valence-electron chi connectivity index (χ2n) is 6.24. The average molecular weight is 394 g/mol. The van der Waals surface area contributed by atoms with Gasteiger partial charge in [-0.2, -0.15) is 0 Å². The predicted molar refractivity (Wildman–Crippen MR) is 98.2 cm³/mol. The lowest BCUT2D eigenvalue weighted by atomic mass is 9.96. The Morgan fingerprint density at radius 1 is 1.44 bits per heavy atom. The summed E-state index contributed by atoms with van der Waals surface area (Å²) in [5.74, 6) is 1.09. The molecule has 1 amide bonds. The molecule has 0 saturated carbocycles. The molecule has 1 aliphatic rings. The third kappa shape index (κ3) is 6.93. The van der Waals surface area contributed by atoms with Crippen LogP contribution in [0, 0.1) is 12.8 Å². The second-order valence-corrected chi connectivity index (χ2v) is 7.95. The van der Waals surface area contributed by atoms with Crippen LogP contribution in [0.3, 0.4) is 0 Å². The Balaban J connectivity index is 0.00000312. The summed E-state index contributed by atoms with van der Waals surface area (Å²) in [6.45, 7) is 4.53. The van der Waals surface area contributed by atoms with Gasteiger partial charge in [0.05, 0.1) is 0 Å². The van der Waals surface area contributed by atoms with Crippen LogP contribution in [0.15, 0.2) is 11.2 Å². The van der Waals surface area contributed by atoms with Gasteiger partial charge in [-0.05, 0) is 45.2 Å². The monoisotopic (exact) mass is 393 g/mol. The van der Waals surface area contributed by atoms with E-state index < -0.39 is 10.0 Å². The molecule has 1 fully saturated rings. The van der Waals surface area contributed by atoms with Crippen molar-refractivity contribution in [1.82, 2.24) is 24.9 Å². The first-order chi connectivity index (χ1) is 11.4. The highest BCUT2D eigenvalue weighted by molar-refractivity contribution is 7.89. The Hall–Kier alpha value is -1.16. The van der Waals surface area contributed by atoms with Gasteiger partial charge in [0.2, 0.25) is 5.91 Å². The third-order valence-corrected chi connectivity index (χ3v) is 5.61. The summed E-state index contributed by atoms with van der Waals surface area (Å²) >= 11 is 0. The molecule has 1 saturated heterocycles. The van der Waals surface area contributed by atoms with E-state index in [0.29, 0.717) is 18.3 Å². The van der Waals surface area contributed by atoms with Gasteiger partial charge in [-0.15, -0.1) is 12.4 Å². The smallest absolute Gasteiger partial charge is 0.259 e. The van der Waals surface area contributed by atoms with Gasteiger partial charge in [0, 0.05) is 32.8 Å². The molecule has 1 aliphatic heterocycles. The molecule has 0 bridgehead atoms. The largest absolute Gasteiger partial charge is 0.356 e. The Morgan fingerprint density at radius 2 is 2.20 bits per heavy atom. The highest BCUT2D eigenvalue weighted by Crippen LogP contribution is 2.12. The fourth-order valence-corrected chi connectivity index (χ4v) is 3.77. The van der Waals surface area contributed by atoms with Gasteiger partial charge in [0.1, 0.15) is 5.82 Å². The number of hydrogen-bond acceptors (Lipinski definition) is 5. The summed E-state index contributed by atoms with van der Waals surface area (Å²) in [6, 6.07) is 0. The lowest BCUT2D eigenvalue weighted by Gasteiger charge is -2.22. The number of imidazole rings is 1. The molecular formula is C15H28ClN5O3S. The zero-order valence-electron chi connectivity index (χ0n) is 14.7. The fraction of sp³-hybridized carbons (Fsp3) is 0.733. The predicted octanol–water partition coefficient (Wildman–Crippen LogP) is 0.325. The summed E-state index contributed by atoms with van der Waals surface area (Å²) in [6.07, 6.45) is 4.92. The number of piperidine rings is 1. The number of sulfonamides is 1. The normalized spacial score (nSPS) is 17.8. The minimum Gasteiger partial charge on any atom is -0.356 e. The molecule has 2 rings (SSSR count). The van der Waals surface area contributed by atoms with Crippen LogP contribution in [0.4, 0.5) is 0 Å². The van der Waals surface area contributed by atoms with Crippen LogP contribution >= 0.6 is 12.4 Å². The van der Waals surface area contributed by atoms with E-state index in [2.05, 4.69) is 20.3 Å². The molecule has 144 valence electrons. The Bertz CT molecular complexity index is 637. The van der Waals surface area contributed by atoms with E-state index in [4.69, 9.17) is 0 Å². The summed E-state index contributed by atoms with van der Waals surface area (Å²) in [7, 11) is -1.93. The number of aromatic nitrogens is 2. The van der Waals surface area contributed by atoms with Crippen LogP contribution in [0.25, 0.3) is 0 Å². The number of rotatable bonds is 8. The van der Waals surface area contributed by atoms with Gasteiger partial charge in [0.25, 0.3) is 10.0 Å². The molecule has 10 heteroatoms. The Morgan fingerprint density at radius 3 is 2.80 bits per heavy atom. The van der Waals surface area contributed by atoms with Crippen molar-refractivity contribution in [3.63, 3.8) is 0 Å². The maximum atomic E-state index is 12.1. The van der Waals surface area contributed by atoms with Crippen LogP contribution < -0.4 is 15.4 Å². The van der Waals surface area contributed by atoms with Gasteiger partial charge < -0.3 is 15.2 Å². The molecule has 8 nitrogen and oxygen atoms in total. The van der Waals surface area contributed by atoms with Crippen LogP contribution in [0.5, 0.6) is 0 Å². The summed E-state index contributed by atoms with van der Waals surface area (Å²) < 4.78 is 28.2. The van der Waals surface area contributed by atoms with E-state index in [-0.39, 0.29) is 36.3 Å². The molecule has 1 unspecified atom stereocenters.